The Morgan fingerprint density at radius 1 is 1.00 bits per heavy atom. The molecule has 6 nitrogen and oxygen atoms in total. The number of carbonyl (C=O) groups is 2. The van der Waals surface area contributed by atoms with Crippen molar-refractivity contribution in [3.63, 3.8) is 0 Å². The molecule has 22 heavy (non-hydrogen) atoms. The fraction of sp³-hybridized carbons (Fsp3) is 0.0625. The normalized spacial score (nSPS) is 12.9. The van der Waals surface area contributed by atoms with Crippen molar-refractivity contribution in [1.82, 2.24) is 19.9 Å². The maximum Gasteiger partial charge on any atom is 0.214 e. The Morgan fingerprint density at radius 2 is 1.77 bits per heavy atom. The zero-order chi connectivity index (χ0) is 15.1. The van der Waals surface area contributed by atoms with E-state index in [1.165, 1.54) is 0 Å². The molecule has 1 aromatic carbocycles. The fourth-order valence-electron chi connectivity index (χ4n) is 2.57. The molecule has 1 aliphatic rings. The lowest BCUT2D eigenvalue weighted by atomic mass is 9.90. The number of nitrogens with one attached hydrogen (secondary N) is 1. The van der Waals surface area contributed by atoms with Crippen LogP contribution in [0.15, 0.2) is 42.9 Å². The molecule has 0 saturated heterocycles. The molecule has 0 bridgehead atoms. The minimum Gasteiger partial charge on any atom is -0.338 e. The van der Waals surface area contributed by atoms with Gasteiger partial charge in [0.2, 0.25) is 11.6 Å². The molecular weight excluding hydrogens is 280 g/mol. The zero-order valence-electron chi connectivity index (χ0n) is 11.4. The van der Waals surface area contributed by atoms with Gasteiger partial charge in [-0.25, -0.2) is 4.98 Å². The first-order chi connectivity index (χ1) is 10.7. The van der Waals surface area contributed by atoms with Crippen molar-refractivity contribution in [2.75, 3.05) is 0 Å². The molecule has 0 radical (unpaired) electrons. The number of H-pyrrole nitrogens is 1. The average Bonchev–Trinajstić information content (AvgIpc) is 2.98. The number of fused-ring (bicyclic) bond motifs is 2. The molecule has 2 aromatic heterocycles. The third-order valence-corrected chi connectivity index (χ3v) is 3.58. The number of aromatic amines is 1. The molecule has 3 aromatic rings. The quantitative estimate of drug-likeness (QED) is 0.605. The van der Waals surface area contributed by atoms with E-state index in [1.54, 1.807) is 42.9 Å². The maximum atomic E-state index is 12.5. The highest BCUT2D eigenvalue weighted by Gasteiger charge is 2.32. The van der Waals surface area contributed by atoms with E-state index in [1.807, 2.05) is 0 Å². The van der Waals surface area contributed by atoms with Gasteiger partial charge in [-0.05, 0) is 0 Å². The first-order valence-electron chi connectivity index (χ1n) is 6.76. The van der Waals surface area contributed by atoms with Crippen LogP contribution in [0.4, 0.5) is 0 Å². The predicted octanol–water partition coefficient (Wildman–Crippen LogP) is 1.57. The first kappa shape index (κ1) is 12.6. The molecule has 0 amide bonds. The number of benzene rings is 1. The molecule has 4 rings (SSSR count). The Morgan fingerprint density at radius 3 is 2.50 bits per heavy atom. The van der Waals surface area contributed by atoms with Crippen LogP contribution in [0.1, 0.15) is 43.6 Å². The fourth-order valence-corrected chi connectivity index (χ4v) is 2.57. The summed E-state index contributed by atoms with van der Waals surface area (Å²) in [5, 5.41) is 0. The van der Waals surface area contributed by atoms with Gasteiger partial charge < -0.3 is 4.98 Å². The van der Waals surface area contributed by atoms with Crippen molar-refractivity contribution in [2.24, 2.45) is 0 Å². The zero-order valence-corrected chi connectivity index (χ0v) is 11.4. The predicted molar refractivity (Wildman–Crippen MR) is 76.7 cm³/mol. The average molecular weight is 290 g/mol. The van der Waals surface area contributed by atoms with Crippen LogP contribution in [0.25, 0.3) is 0 Å². The summed E-state index contributed by atoms with van der Waals surface area (Å²) in [5.74, 6) is 0.0925. The third kappa shape index (κ3) is 1.85. The summed E-state index contributed by atoms with van der Waals surface area (Å²) >= 11 is 0. The van der Waals surface area contributed by atoms with Gasteiger partial charge in [-0.2, -0.15) is 0 Å². The molecule has 0 spiro atoms. The summed E-state index contributed by atoms with van der Waals surface area (Å²) in [4.78, 5) is 40.3. The second kappa shape index (κ2) is 4.70. The molecule has 0 atom stereocenters. The molecule has 2 heterocycles. The van der Waals surface area contributed by atoms with E-state index in [0.29, 0.717) is 29.1 Å². The summed E-state index contributed by atoms with van der Waals surface area (Å²) in [6, 6.07) is 6.78. The van der Waals surface area contributed by atoms with E-state index in [9.17, 15) is 9.59 Å². The molecule has 6 heteroatoms. The second-order valence-corrected chi connectivity index (χ2v) is 4.98. The highest BCUT2D eigenvalue weighted by atomic mass is 16.1. The van der Waals surface area contributed by atoms with Crippen LogP contribution in [-0.4, -0.2) is 31.5 Å². The SMILES string of the molecule is O=C1c2ccccc2C(=O)c2[nH]c(Cc3cnccn3)nc21. The lowest BCUT2D eigenvalue weighted by molar-refractivity contribution is 0.0974. The van der Waals surface area contributed by atoms with Gasteiger partial charge in [0, 0.05) is 36.1 Å². The van der Waals surface area contributed by atoms with Gasteiger partial charge in [0.15, 0.2) is 0 Å². The largest absolute Gasteiger partial charge is 0.338 e. The number of nitrogens with zero attached hydrogens (tertiary/aromatic N) is 3. The summed E-state index contributed by atoms with van der Waals surface area (Å²) < 4.78 is 0. The monoisotopic (exact) mass is 290 g/mol. The maximum absolute atomic E-state index is 12.5. The van der Waals surface area contributed by atoms with Gasteiger partial charge in [-0.3, -0.25) is 19.6 Å². The smallest absolute Gasteiger partial charge is 0.214 e. The van der Waals surface area contributed by atoms with Gasteiger partial charge in [0.1, 0.15) is 17.2 Å². The number of rotatable bonds is 2. The van der Waals surface area contributed by atoms with E-state index in [-0.39, 0.29) is 23.0 Å². The number of ketones is 2. The van der Waals surface area contributed by atoms with Gasteiger partial charge in [-0.15, -0.1) is 0 Å². The Labute approximate surface area is 125 Å². The number of imidazole rings is 1. The topological polar surface area (TPSA) is 88.6 Å². The molecule has 0 unspecified atom stereocenters. The third-order valence-electron chi connectivity index (χ3n) is 3.58. The highest BCUT2D eigenvalue weighted by Crippen LogP contribution is 2.25. The van der Waals surface area contributed by atoms with Crippen molar-refractivity contribution in [1.29, 1.82) is 0 Å². The van der Waals surface area contributed by atoms with Crippen molar-refractivity contribution in [3.05, 3.63) is 76.9 Å². The first-order valence-corrected chi connectivity index (χ1v) is 6.76. The summed E-state index contributed by atoms with van der Waals surface area (Å²) in [5.41, 5.74) is 1.96. The van der Waals surface area contributed by atoms with Gasteiger partial charge in [-0.1, -0.05) is 24.3 Å². The molecule has 106 valence electrons. The van der Waals surface area contributed by atoms with E-state index < -0.39 is 0 Å². The van der Waals surface area contributed by atoms with E-state index in [4.69, 9.17) is 0 Å². The minimum atomic E-state index is -0.230. The van der Waals surface area contributed by atoms with Gasteiger partial charge in [0.05, 0.1) is 5.69 Å². The number of carbonyl (C=O) groups excluding carboxylic acids is 2. The van der Waals surface area contributed by atoms with Crippen LogP contribution in [0.5, 0.6) is 0 Å². The van der Waals surface area contributed by atoms with E-state index in [2.05, 4.69) is 19.9 Å². The standard InChI is InChI=1S/C16H10N4O2/c21-15-10-3-1-2-4-11(10)16(22)14-13(15)19-12(20-14)7-9-8-17-5-6-18-9/h1-6,8H,7H2,(H,19,20). The Balaban J connectivity index is 1.77. The minimum absolute atomic E-state index is 0.183. The molecule has 0 fully saturated rings. The second-order valence-electron chi connectivity index (χ2n) is 4.98. The highest BCUT2D eigenvalue weighted by molar-refractivity contribution is 6.27. The number of aromatic nitrogens is 4. The summed E-state index contributed by atoms with van der Waals surface area (Å²) in [6.45, 7) is 0. The van der Waals surface area contributed by atoms with Crippen LogP contribution in [0.2, 0.25) is 0 Å². The Kier molecular flexibility index (Phi) is 2.69. The molecular formula is C16H10N4O2. The van der Waals surface area contributed by atoms with Crippen molar-refractivity contribution >= 4 is 11.6 Å². The molecule has 1 aliphatic carbocycles. The van der Waals surface area contributed by atoms with Crippen LogP contribution in [0.3, 0.4) is 0 Å². The summed E-state index contributed by atoms with van der Waals surface area (Å²) in [7, 11) is 0. The van der Waals surface area contributed by atoms with Gasteiger partial charge in [0.25, 0.3) is 0 Å². The van der Waals surface area contributed by atoms with Crippen LogP contribution >= 0.6 is 0 Å². The molecule has 0 saturated carbocycles. The Hall–Kier alpha value is -3.15. The number of hydrogen-bond donors (Lipinski definition) is 1. The van der Waals surface area contributed by atoms with Crippen molar-refractivity contribution < 1.29 is 9.59 Å². The van der Waals surface area contributed by atoms with E-state index in [0.717, 1.165) is 0 Å². The van der Waals surface area contributed by atoms with E-state index >= 15 is 0 Å². The Bertz CT molecular complexity index is 847. The van der Waals surface area contributed by atoms with Crippen LogP contribution in [0, 0.1) is 0 Å². The lowest BCUT2D eigenvalue weighted by Crippen LogP contribution is -2.20. The van der Waals surface area contributed by atoms with Crippen molar-refractivity contribution in [3.8, 4) is 0 Å². The molecule has 0 aliphatic heterocycles. The van der Waals surface area contributed by atoms with Gasteiger partial charge >= 0.3 is 0 Å². The van der Waals surface area contributed by atoms with Crippen molar-refractivity contribution in [2.45, 2.75) is 6.42 Å². The van der Waals surface area contributed by atoms with Crippen LogP contribution < -0.4 is 0 Å². The lowest BCUT2D eigenvalue weighted by Gasteiger charge is -2.11. The summed E-state index contributed by atoms with van der Waals surface area (Å²) in [6.07, 6.45) is 5.18. The molecule has 1 N–H and O–H groups in total. The van der Waals surface area contributed by atoms with Crippen LogP contribution in [-0.2, 0) is 6.42 Å². The number of hydrogen-bond acceptors (Lipinski definition) is 5.